The first-order valence-corrected chi connectivity index (χ1v) is 11.7. The van der Waals surface area contributed by atoms with E-state index in [1.165, 1.54) is 54.0 Å². The monoisotopic (exact) mass is 398 g/mol. The van der Waals surface area contributed by atoms with Crippen molar-refractivity contribution < 1.29 is 4.79 Å². The normalized spacial score (nSPS) is 20.8. The third-order valence-electron chi connectivity index (χ3n) is 6.84. The van der Waals surface area contributed by atoms with Gasteiger partial charge in [0.1, 0.15) is 15.5 Å². The molecule has 0 atom stereocenters. The Hall–Kier alpha value is -1.82. The van der Waals surface area contributed by atoms with E-state index in [-0.39, 0.29) is 5.91 Å². The van der Waals surface area contributed by atoms with Gasteiger partial charge in [-0.15, -0.1) is 11.3 Å². The van der Waals surface area contributed by atoms with Crippen molar-refractivity contribution in [2.24, 2.45) is 5.92 Å². The fraction of sp³-hybridized carbons (Fsp3) is 0.636. The lowest BCUT2D eigenvalue weighted by molar-refractivity contribution is 0.0703. The Bertz CT molecular complexity index is 907. The number of nitrogen functional groups attached to an aromatic ring is 1. The molecule has 2 aromatic rings. The number of nitrogens with zero attached hydrogens (tertiary/aromatic N) is 3. The Morgan fingerprint density at radius 2 is 1.71 bits per heavy atom. The summed E-state index contributed by atoms with van der Waals surface area (Å²) in [5.74, 6) is 1.99. The number of carbonyl (C=O) groups is 1. The Labute approximate surface area is 170 Å². The van der Waals surface area contributed by atoms with Crippen LogP contribution in [0.15, 0.2) is 0 Å². The predicted octanol–water partition coefficient (Wildman–Crippen LogP) is 4.23. The average molecular weight is 399 g/mol. The second-order valence-corrected chi connectivity index (χ2v) is 9.79. The summed E-state index contributed by atoms with van der Waals surface area (Å²) >= 11 is 1.52. The number of likely N-dealkylation sites (tertiary alicyclic amines) is 1. The van der Waals surface area contributed by atoms with E-state index in [0.29, 0.717) is 16.5 Å². The van der Waals surface area contributed by atoms with Crippen LogP contribution in [-0.2, 0) is 12.8 Å². The van der Waals surface area contributed by atoms with Gasteiger partial charge in [0.15, 0.2) is 0 Å². The van der Waals surface area contributed by atoms with Crippen molar-refractivity contribution >= 4 is 39.0 Å². The third kappa shape index (κ3) is 2.97. The molecule has 1 amide bonds. The van der Waals surface area contributed by atoms with E-state index in [9.17, 15) is 4.79 Å². The lowest BCUT2D eigenvalue weighted by atomic mass is 9.89. The number of hydrogen-bond donors (Lipinski definition) is 1. The Balaban J connectivity index is 1.59. The number of anilines is 2. The summed E-state index contributed by atoms with van der Waals surface area (Å²) in [7, 11) is 0. The molecule has 1 aliphatic carbocycles. The maximum absolute atomic E-state index is 13.2. The number of aryl methyl sites for hydroxylation is 1. The molecule has 0 bridgehead atoms. The Morgan fingerprint density at radius 1 is 1.04 bits per heavy atom. The van der Waals surface area contributed by atoms with Gasteiger partial charge in [-0.3, -0.25) is 4.79 Å². The maximum atomic E-state index is 13.2. The largest absolute Gasteiger partial charge is 0.397 e. The molecule has 3 aliphatic rings. The quantitative estimate of drug-likeness (QED) is 0.822. The van der Waals surface area contributed by atoms with Gasteiger partial charge in [0.2, 0.25) is 0 Å². The van der Waals surface area contributed by atoms with Crippen LogP contribution in [0.2, 0.25) is 0 Å². The first-order valence-electron chi connectivity index (χ1n) is 10.9. The van der Waals surface area contributed by atoms with Crippen molar-refractivity contribution in [3.05, 3.63) is 16.0 Å². The fourth-order valence-corrected chi connectivity index (χ4v) is 6.19. The summed E-state index contributed by atoms with van der Waals surface area (Å²) < 4.78 is 0. The zero-order valence-electron chi connectivity index (χ0n) is 16.8. The number of pyridine rings is 1. The summed E-state index contributed by atoms with van der Waals surface area (Å²) in [5.41, 5.74) is 10.1. The van der Waals surface area contributed by atoms with Crippen LogP contribution in [-0.4, -0.2) is 42.0 Å². The van der Waals surface area contributed by atoms with E-state index in [1.54, 1.807) is 0 Å². The average Bonchev–Trinajstić information content (AvgIpc) is 3.36. The standard InChI is InChI=1S/C22H30N4OS/c1-14-8-12-26(13-9-14)22(27)19-18(23)17-15-6-2-3-7-16(15)20(24-21(17)28-19)25-10-4-5-11-25/h14H,2-13,23H2,1H3. The van der Waals surface area contributed by atoms with Crippen molar-refractivity contribution in [2.75, 3.05) is 36.8 Å². The summed E-state index contributed by atoms with van der Waals surface area (Å²) in [6.45, 7) is 6.16. The van der Waals surface area contributed by atoms with Gasteiger partial charge >= 0.3 is 0 Å². The highest BCUT2D eigenvalue weighted by molar-refractivity contribution is 7.21. The van der Waals surface area contributed by atoms with E-state index >= 15 is 0 Å². The lowest BCUT2D eigenvalue weighted by Crippen LogP contribution is -2.37. The molecule has 2 N–H and O–H groups in total. The van der Waals surface area contributed by atoms with Gasteiger partial charge in [-0.1, -0.05) is 6.92 Å². The summed E-state index contributed by atoms with van der Waals surface area (Å²) in [5, 5.41) is 1.08. The number of rotatable bonds is 2. The van der Waals surface area contributed by atoms with Gasteiger partial charge in [0.25, 0.3) is 5.91 Å². The molecule has 4 heterocycles. The van der Waals surface area contributed by atoms with Gasteiger partial charge in [-0.05, 0) is 68.4 Å². The van der Waals surface area contributed by atoms with E-state index in [2.05, 4.69) is 11.8 Å². The topological polar surface area (TPSA) is 62.5 Å². The molecule has 150 valence electrons. The molecule has 0 spiro atoms. The minimum absolute atomic E-state index is 0.111. The Kier molecular flexibility index (Phi) is 4.69. The van der Waals surface area contributed by atoms with E-state index < -0.39 is 0 Å². The number of hydrogen-bond acceptors (Lipinski definition) is 5. The highest BCUT2D eigenvalue weighted by atomic mass is 32.1. The fourth-order valence-electron chi connectivity index (χ4n) is 5.10. The smallest absolute Gasteiger partial charge is 0.266 e. The van der Waals surface area contributed by atoms with Crippen molar-refractivity contribution in [3.63, 3.8) is 0 Å². The highest BCUT2D eigenvalue weighted by Crippen LogP contribution is 2.43. The SMILES string of the molecule is CC1CCN(C(=O)c2sc3nc(N4CCCC4)c4c(c3c2N)CCCC4)CC1. The van der Waals surface area contributed by atoms with E-state index in [0.717, 1.165) is 62.1 Å². The molecule has 0 aromatic carbocycles. The van der Waals surface area contributed by atoms with Crippen LogP contribution in [0.3, 0.4) is 0 Å². The van der Waals surface area contributed by atoms with Gasteiger partial charge in [0.05, 0.1) is 5.69 Å². The van der Waals surface area contributed by atoms with Crippen molar-refractivity contribution in [1.82, 2.24) is 9.88 Å². The van der Waals surface area contributed by atoms with Gasteiger partial charge in [-0.2, -0.15) is 0 Å². The van der Waals surface area contributed by atoms with Crippen LogP contribution in [0, 0.1) is 5.92 Å². The summed E-state index contributed by atoms with van der Waals surface area (Å²) in [6.07, 6.45) is 9.25. The molecule has 2 fully saturated rings. The van der Waals surface area contributed by atoms with Crippen molar-refractivity contribution in [2.45, 2.75) is 58.3 Å². The molecular formula is C22H30N4OS. The summed E-state index contributed by atoms with van der Waals surface area (Å²) in [4.78, 5) is 24.4. The number of carbonyl (C=O) groups excluding carboxylic acids is 1. The van der Waals surface area contributed by atoms with Crippen LogP contribution in [0.5, 0.6) is 0 Å². The molecule has 5 nitrogen and oxygen atoms in total. The number of aromatic nitrogens is 1. The van der Waals surface area contributed by atoms with Crippen molar-refractivity contribution in [1.29, 1.82) is 0 Å². The number of nitrogens with two attached hydrogens (primary N) is 1. The van der Waals surface area contributed by atoms with Crippen LogP contribution < -0.4 is 10.6 Å². The van der Waals surface area contributed by atoms with Gasteiger partial charge in [-0.25, -0.2) is 4.98 Å². The first kappa shape index (κ1) is 18.2. The molecule has 0 saturated carbocycles. The summed E-state index contributed by atoms with van der Waals surface area (Å²) in [6, 6.07) is 0. The molecule has 5 rings (SSSR count). The zero-order chi connectivity index (χ0) is 19.3. The Morgan fingerprint density at radius 3 is 2.43 bits per heavy atom. The molecule has 0 radical (unpaired) electrons. The second kappa shape index (κ2) is 7.21. The zero-order valence-corrected chi connectivity index (χ0v) is 17.6. The molecular weight excluding hydrogens is 368 g/mol. The molecule has 6 heteroatoms. The minimum Gasteiger partial charge on any atom is -0.397 e. The third-order valence-corrected chi connectivity index (χ3v) is 7.93. The van der Waals surface area contributed by atoms with Crippen LogP contribution >= 0.6 is 11.3 Å². The second-order valence-electron chi connectivity index (χ2n) is 8.79. The van der Waals surface area contributed by atoms with Gasteiger partial charge < -0.3 is 15.5 Å². The molecule has 2 saturated heterocycles. The maximum Gasteiger partial charge on any atom is 0.266 e. The lowest BCUT2D eigenvalue weighted by Gasteiger charge is -2.30. The minimum atomic E-state index is 0.111. The first-order chi connectivity index (χ1) is 13.6. The predicted molar refractivity (Wildman–Crippen MR) is 116 cm³/mol. The molecule has 2 aliphatic heterocycles. The number of fused-ring (bicyclic) bond motifs is 3. The van der Waals surface area contributed by atoms with Crippen LogP contribution in [0.4, 0.5) is 11.5 Å². The molecule has 0 unspecified atom stereocenters. The van der Waals surface area contributed by atoms with Crippen LogP contribution in [0.1, 0.15) is 66.2 Å². The molecule has 2 aromatic heterocycles. The number of piperidine rings is 1. The number of amides is 1. The highest BCUT2D eigenvalue weighted by Gasteiger charge is 2.30. The van der Waals surface area contributed by atoms with Crippen molar-refractivity contribution in [3.8, 4) is 0 Å². The van der Waals surface area contributed by atoms with Gasteiger partial charge in [0, 0.05) is 31.6 Å². The van der Waals surface area contributed by atoms with E-state index in [4.69, 9.17) is 10.7 Å². The van der Waals surface area contributed by atoms with Crippen LogP contribution in [0.25, 0.3) is 10.2 Å². The molecule has 28 heavy (non-hydrogen) atoms. The number of thiophene rings is 1. The van der Waals surface area contributed by atoms with E-state index in [1.807, 2.05) is 4.90 Å².